The van der Waals surface area contributed by atoms with E-state index in [4.69, 9.17) is 21.3 Å². The van der Waals surface area contributed by atoms with E-state index in [0.717, 1.165) is 29.6 Å². The van der Waals surface area contributed by atoms with Crippen LogP contribution in [0.15, 0.2) is 11.6 Å². The summed E-state index contributed by atoms with van der Waals surface area (Å²) in [6.07, 6.45) is 6.08. The third-order valence-electron chi connectivity index (χ3n) is 4.22. The summed E-state index contributed by atoms with van der Waals surface area (Å²) in [7, 11) is 0. The maximum atomic E-state index is 6.16. The molecule has 0 spiro atoms. The van der Waals surface area contributed by atoms with Gasteiger partial charge in [0.2, 0.25) is 0 Å². The van der Waals surface area contributed by atoms with Gasteiger partial charge >= 0.3 is 0 Å². The van der Waals surface area contributed by atoms with E-state index in [2.05, 4.69) is 20.9 Å². The molecule has 6 heteroatoms. The molecule has 1 saturated heterocycles. The minimum absolute atomic E-state index is 0.386. The first-order valence-electron chi connectivity index (χ1n) is 6.77. The molecule has 0 amide bonds. The van der Waals surface area contributed by atoms with Crippen molar-refractivity contribution in [3.05, 3.63) is 17.3 Å². The average Bonchev–Trinajstić information content (AvgIpc) is 3.12. The molecule has 0 N–H and O–H groups in total. The van der Waals surface area contributed by atoms with Crippen LogP contribution in [-0.4, -0.2) is 34.7 Å². The zero-order valence-electron chi connectivity index (χ0n) is 10.6. The molecular weight excluding hydrogens is 282 g/mol. The molecule has 0 aromatic carbocycles. The Morgan fingerprint density at radius 2 is 2.42 bits per heavy atom. The van der Waals surface area contributed by atoms with Crippen molar-refractivity contribution in [1.82, 2.24) is 9.38 Å². The second-order valence-electron chi connectivity index (χ2n) is 5.17. The van der Waals surface area contributed by atoms with Crippen molar-refractivity contribution in [3.8, 4) is 0 Å². The molecule has 3 heterocycles. The van der Waals surface area contributed by atoms with Gasteiger partial charge in [0.25, 0.3) is 0 Å². The van der Waals surface area contributed by atoms with E-state index in [1.54, 1.807) is 11.3 Å². The minimum Gasteiger partial charge on any atom is -0.374 e. The largest absolute Gasteiger partial charge is 0.374 e. The van der Waals surface area contributed by atoms with Crippen LogP contribution in [0.2, 0.25) is 0 Å². The van der Waals surface area contributed by atoms with Gasteiger partial charge in [-0.1, -0.05) is 0 Å². The van der Waals surface area contributed by atoms with Crippen molar-refractivity contribution in [2.45, 2.75) is 37.3 Å². The normalized spacial score (nSPS) is 27.1. The van der Waals surface area contributed by atoms with Crippen LogP contribution in [0.1, 0.15) is 25.0 Å². The molecule has 2 fully saturated rings. The second kappa shape index (κ2) is 4.65. The molecule has 0 radical (unpaired) electrons. The molecule has 19 heavy (non-hydrogen) atoms. The van der Waals surface area contributed by atoms with Crippen molar-refractivity contribution in [1.29, 1.82) is 0 Å². The van der Waals surface area contributed by atoms with Crippen LogP contribution >= 0.6 is 22.9 Å². The van der Waals surface area contributed by atoms with E-state index in [-0.39, 0.29) is 0 Å². The van der Waals surface area contributed by atoms with Crippen LogP contribution in [0.4, 0.5) is 5.82 Å². The zero-order valence-corrected chi connectivity index (χ0v) is 12.2. The van der Waals surface area contributed by atoms with Crippen molar-refractivity contribution >= 4 is 33.7 Å². The lowest BCUT2D eigenvalue weighted by atomic mass is 10.1. The van der Waals surface area contributed by atoms with Crippen LogP contribution in [0.25, 0.3) is 4.96 Å². The summed E-state index contributed by atoms with van der Waals surface area (Å²) in [6, 6.07) is 0.486. The van der Waals surface area contributed by atoms with Crippen molar-refractivity contribution < 1.29 is 4.74 Å². The number of alkyl halides is 1. The molecule has 2 unspecified atom stereocenters. The summed E-state index contributed by atoms with van der Waals surface area (Å²) in [5.41, 5.74) is 1.12. The number of nitrogens with zero attached hydrogens (tertiary/aromatic N) is 3. The Balaban J connectivity index is 1.78. The molecule has 1 saturated carbocycles. The number of thiazole rings is 1. The predicted molar refractivity (Wildman–Crippen MR) is 77.4 cm³/mol. The predicted octanol–water partition coefficient (Wildman–Crippen LogP) is 2.89. The zero-order chi connectivity index (χ0) is 12.8. The summed E-state index contributed by atoms with van der Waals surface area (Å²) >= 11 is 7.82. The Morgan fingerprint density at radius 3 is 3.32 bits per heavy atom. The lowest BCUT2D eigenvalue weighted by Gasteiger charge is -2.38. The number of hydrogen-bond donors (Lipinski definition) is 0. The first-order valence-corrected chi connectivity index (χ1v) is 8.18. The van der Waals surface area contributed by atoms with E-state index in [0.29, 0.717) is 18.0 Å². The highest BCUT2D eigenvalue weighted by Crippen LogP contribution is 2.35. The molecule has 102 valence electrons. The van der Waals surface area contributed by atoms with Crippen LogP contribution in [0.5, 0.6) is 0 Å². The fourth-order valence-electron chi connectivity index (χ4n) is 3.36. The lowest BCUT2D eigenvalue weighted by molar-refractivity contribution is 0.0253. The summed E-state index contributed by atoms with van der Waals surface area (Å²) in [5.74, 6) is 1.57. The number of ether oxygens (including phenoxy) is 1. The minimum atomic E-state index is 0.386. The van der Waals surface area contributed by atoms with Gasteiger partial charge < -0.3 is 9.64 Å². The Bertz CT molecular complexity index is 596. The summed E-state index contributed by atoms with van der Waals surface area (Å²) in [5, 5.41) is 2.06. The SMILES string of the molecule is ClCc1c(N2CCOC3CCCC32)nc2sccn12. The van der Waals surface area contributed by atoms with Gasteiger partial charge in [0.15, 0.2) is 10.8 Å². The Labute approximate surface area is 120 Å². The molecule has 0 bridgehead atoms. The van der Waals surface area contributed by atoms with E-state index in [9.17, 15) is 0 Å². The highest BCUT2D eigenvalue weighted by molar-refractivity contribution is 7.15. The fraction of sp³-hybridized carbons (Fsp3) is 0.615. The average molecular weight is 298 g/mol. The number of fused-ring (bicyclic) bond motifs is 2. The van der Waals surface area contributed by atoms with Crippen molar-refractivity contribution in [2.24, 2.45) is 0 Å². The molecule has 1 aliphatic heterocycles. The van der Waals surface area contributed by atoms with Gasteiger partial charge in [-0.25, -0.2) is 4.98 Å². The molecule has 2 atom stereocenters. The van der Waals surface area contributed by atoms with Crippen LogP contribution in [0, 0.1) is 0 Å². The lowest BCUT2D eigenvalue weighted by Crippen LogP contribution is -2.49. The summed E-state index contributed by atoms with van der Waals surface area (Å²) < 4.78 is 7.99. The smallest absolute Gasteiger partial charge is 0.195 e. The number of halogens is 1. The topological polar surface area (TPSA) is 29.8 Å². The summed E-state index contributed by atoms with van der Waals surface area (Å²) in [6.45, 7) is 1.73. The highest BCUT2D eigenvalue weighted by atomic mass is 35.5. The van der Waals surface area contributed by atoms with Gasteiger partial charge in [0.05, 0.1) is 30.3 Å². The first kappa shape index (κ1) is 12.0. The fourth-order valence-corrected chi connectivity index (χ4v) is 4.34. The van der Waals surface area contributed by atoms with E-state index < -0.39 is 0 Å². The van der Waals surface area contributed by atoms with Crippen LogP contribution < -0.4 is 4.90 Å². The Kier molecular flexibility index (Phi) is 2.94. The van der Waals surface area contributed by atoms with E-state index in [1.165, 1.54) is 19.3 Å². The van der Waals surface area contributed by atoms with Gasteiger partial charge in [-0.15, -0.1) is 22.9 Å². The van der Waals surface area contributed by atoms with Gasteiger partial charge in [-0.2, -0.15) is 0 Å². The number of aromatic nitrogens is 2. The third kappa shape index (κ3) is 1.79. The molecule has 4 rings (SSSR count). The number of anilines is 1. The van der Waals surface area contributed by atoms with Crippen LogP contribution in [-0.2, 0) is 10.6 Å². The van der Waals surface area contributed by atoms with Crippen molar-refractivity contribution in [3.63, 3.8) is 0 Å². The maximum Gasteiger partial charge on any atom is 0.195 e. The van der Waals surface area contributed by atoms with Gasteiger partial charge in [-0.3, -0.25) is 4.40 Å². The van der Waals surface area contributed by atoms with Gasteiger partial charge in [0.1, 0.15) is 0 Å². The summed E-state index contributed by atoms with van der Waals surface area (Å²) in [4.78, 5) is 8.26. The van der Waals surface area contributed by atoms with Crippen molar-refractivity contribution in [2.75, 3.05) is 18.1 Å². The number of hydrogen-bond acceptors (Lipinski definition) is 4. The van der Waals surface area contributed by atoms with Gasteiger partial charge in [0, 0.05) is 18.1 Å². The van der Waals surface area contributed by atoms with Crippen LogP contribution in [0.3, 0.4) is 0 Å². The monoisotopic (exact) mass is 297 g/mol. The molecule has 2 aromatic rings. The number of imidazole rings is 1. The Morgan fingerprint density at radius 1 is 1.47 bits per heavy atom. The molecule has 1 aliphatic carbocycles. The standard InChI is InChI=1S/C13H16ClN3OS/c14-8-10-12(15-13-17(10)5-7-19-13)16-4-6-18-11-3-1-2-9(11)16/h5,7,9,11H,1-4,6,8H2. The molecular formula is C13H16ClN3OS. The first-order chi connectivity index (χ1) is 9.38. The highest BCUT2D eigenvalue weighted by Gasteiger charge is 2.38. The maximum absolute atomic E-state index is 6.16. The molecule has 2 aliphatic rings. The van der Waals surface area contributed by atoms with E-state index >= 15 is 0 Å². The van der Waals surface area contributed by atoms with Gasteiger partial charge in [-0.05, 0) is 19.3 Å². The number of morpholine rings is 1. The van der Waals surface area contributed by atoms with E-state index in [1.807, 2.05) is 0 Å². The molecule has 2 aromatic heterocycles. The second-order valence-corrected chi connectivity index (χ2v) is 6.31. The molecule has 4 nitrogen and oxygen atoms in total. The number of rotatable bonds is 2. The third-order valence-corrected chi connectivity index (χ3v) is 5.23. The Hall–Kier alpha value is -0.780. The quantitative estimate of drug-likeness (QED) is 0.798.